The number of phenols is 1. The molecule has 0 radical (unpaired) electrons. The molecule has 0 unspecified atom stereocenters. The number of phenolic OH excluding ortho intramolecular Hbond substituents is 1. The standard InChI is InChI=1S/C10H9NO7S2.2Na/c11-9-8(20(16,17)18)4-5-3-6(19(13,14)15)1-2-7(5)10(9)12;;/h1-4,12H,11H2,(H,13,14,15)(H,16,17,18);;/q;2*+1/p-2. The van der Waals surface area contributed by atoms with Crippen molar-refractivity contribution in [3.05, 3.63) is 24.3 Å². The van der Waals surface area contributed by atoms with Gasteiger partial charge in [0.05, 0.1) is 15.5 Å². The molecule has 0 aliphatic heterocycles. The zero-order chi connectivity index (χ0) is 15.3. The first kappa shape index (κ1) is 22.1. The molecule has 0 spiro atoms. The molecule has 0 saturated heterocycles. The second-order valence-electron chi connectivity index (χ2n) is 3.93. The molecular weight excluding hydrogens is 356 g/mol. The van der Waals surface area contributed by atoms with Crippen molar-refractivity contribution in [2.45, 2.75) is 9.79 Å². The van der Waals surface area contributed by atoms with Crippen LogP contribution in [0.5, 0.6) is 5.75 Å². The van der Waals surface area contributed by atoms with Gasteiger partial charge in [0.15, 0.2) is 0 Å². The third-order valence-corrected chi connectivity index (χ3v) is 4.35. The van der Waals surface area contributed by atoms with Crippen LogP contribution in [0.1, 0.15) is 0 Å². The summed E-state index contributed by atoms with van der Waals surface area (Å²) in [6, 6.07) is 3.69. The van der Waals surface area contributed by atoms with Gasteiger partial charge in [0.25, 0.3) is 0 Å². The van der Waals surface area contributed by atoms with E-state index in [1.807, 2.05) is 0 Å². The Bertz CT molecular complexity index is 926. The maximum atomic E-state index is 11.0. The predicted octanol–water partition coefficient (Wildman–Crippen LogP) is -6.06. The van der Waals surface area contributed by atoms with Crippen molar-refractivity contribution in [3.63, 3.8) is 0 Å². The van der Waals surface area contributed by atoms with Gasteiger partial charge in [0.1, 0.15) is 26.0 Å². The van der Waals surface area contributed by atoms with Gasteiger partial charge in [0, 0.05) is 5.39 Å². The minimum atomic E-state index is -4.96. The molecule has 3 N–H and O–H groups in total. The van der Waals surface area contributed by atoms with E-state index in [4.69, 9.17) is 5.73 Å². The van der Waals surface area contributed by atoms with E-state index in [0.717, 1.165) is 24.3 Å². The van der Waals surface area contributed by atoms with Crippen LogP contribution < -0.4 is 64.8 Å². The van der Waals surface area contributed by atoms with Crippen molar-refractivity contribution in [1.29, 1.82) is 0 Å². The van der Waals surface area contributed by atoms with Crippen LogP contribution in [0.25, 0.3) is 10.8 Å². The van der Waals surface area contributed by atoms with E-state index < -0.39 is 41.5 Å². The van der Waals surface area contributed by atoms with E-state index in [1.54, 1.807) is 0 Å². The van der Waals surface area contributed by atoms with Crippen LogP contribution in [0.4, 0.5) is 5.69 Å². The number of fused-ring (bicyclic) bond motifs is 1. The summed E-state index contributed by atoms with van der Waals surface area (Å²) < 4.78 is 65.7. The zero-order valence-corrected chi connectivity index (χ0v) is 17.2. The molecule has 0 heterocycles. The SMILES string of the molecule is Nc1c(S(=O)(=O)[O-])cc2cc(S(=O)(=O)[O-])ccc2c1O.[Na+].[Na+]. The molecule has 22 heavy (non-hydrogen) atoms. The number of nitrogen functional groups attached to an aromatic ring is 1. The van der Waals surface area contributed by atoms with E-state index in [0.29, 0.717) is 0 Å². The van der Waals surface area contributed by atoms with Crippen LogP contribution >= 0.6 is 0 Å². The number of hydrogen-bond acceptors (Lipinski definition) is 8. The Morgan fingerprint density at radius 2 is 1.50 bits per heavy atom. The number of nitrogens with two attached hydrogens (primary N) is 1. The molecule has 2 rings (SSSR count). The fourth-order valence-electron chi connectivity index (χ4n) is 1.72. The molecule has 0 bridgehead atoms. The second-order valence-corrected chi connectivity index (χ2v) is 6.66. The number of anilines is 1. The molecule has 0 aromatic heterocycles. The summed E-state index contributed by atoms with van der Waals surface area (Å²) in [4.78, 5) is -1.51. The molecule has 8 nitrogen and oxygen atoms in total. The number of aromatic hydroxyl groups is 1. The van der Waals surface area contributed by atoms with Gasteiger partial charge in [-0.2, -0.15) is 0 Å². The van der Waals surface area contributed by atoms with E-state index in [-0.39, 0.29) is 69.9 Å². The number of rotatable bonds is 2. The third kappa shape index (κ3) is 4.35. The molecule has 0 saturated carbocycles. The quantitative estimate of drug-likeness (QED) is 0.231. The summed E-state index contributed by atoms with van der Waals surface area (Å²) in [7, 11) is -9.71. The molecule has 0 atom stereocenters. The Balaban J connectivity index is 0.00000220. The molecule has 0 fully saturated rings. The minimum absolute atomic E-state index is 0. The zero-order valence-electron chi connectivity index (χ0n) is 11.6. The summed E-state index contributed by atoms with van der Waals surface area (Å²) in [5.74, 6) is -0.674. The Labute approximate surface area is 170 Å². The van der Waals surface area contributed by atoms with Crippen LogP contribution in [0.2, 0.25) is 0 Å². The smallest absolute Gasteiger partial charge is 0.744 e. The van der Waals surface area contributed by atoms with E-state index >= 15 is 0 Å². The van der Waals surface area contributed by atoms with Gasteiger partial charge >= 0.3 is 59.1 Å². The van der Waals surface area contributed by atoms with Gasteiger partial charge < -0.3 is 19.9 Å². The van der Waals surface area contributed by atoms with Crippen molar-refractivity contribution in [2.24, 2.45) is 0 Å². The Hall–Kier alpha value is 0.120. The van der Waals surface area contributed by atoms with Gasteiger partial charge in [-0.1, -0.05) is 0 Å². The minimum Gasteiger partial charge on any atom is -0.744 e. The molecular formula is C10H7NNa2O7S2. The van der Waals surface area contributed by atoms with Gasteiger partial charge in [0.2, 0.25) is 0 Å². The topological polar surface area (TPSA) is 161 Å². The summed E-state index contributed by atoms with van der Waals surface area (Å²) in [6.45, 7) is 0. The van der Waals surface area contributed by atoms with Crippen molar-refractivity contribution >= 4 is 36.7 Å². The van der Waals surface area contributed by atoms with E-state index in [1.165, 1.54) is 0 Å². The Morgan fingerprint density at radius 3 is 1.95 bits per heavy atom. The summed E-state index contributed by atoms with van der Waals surface area (Å²) in [5, 5.41) is 9.65. The van der Waals surface area contributed by atoms with Gasteiger partial charge in [-0.3, -0.25) is 0 Å². The monoisotopic (exact) mass is 363 g/mol. The van der Waals surface area contributed by atoms with Crippen LogP contribution in [0.15, 0.2) is 34.1 Å². The summed E-state index contributed by atoms with van der Waals surface area (Å²) >= 11 is 0. The molecule has 2 aromatic carbocycles. The fraction of sp³-hybridized carbons (Fsp3) is 0. The molecule has 0 amide bonds. The molecule has 108 valence electrons. The first-order valence-corrected chi connectivity index (χ1v) is 7.80. The van der Waals surface area contributed by atoms with Crippen molar-refractivity contribution in [2.75, 3.05) is 5.73 Å². The van der Waals surface area contributed by atoms with Gasteiger partial charge in [-0.05, 0) is 29.7 Å². The first-order valence-electron chi connectivity index (χ1n) is 4.99. The molecule has 0 aliphatic rings. The normalized spacial score (nSPS) is 11.5. The van der Waals surface area contributed by atoms with Gasteiger partial charge in [-0.15, -0.1) is 0 Å². The van der Waals surface area contributed by atoms with Crippen LogP contribution in [-0.2, 0) is 20.2 Å². The fourth-order valence-corrected chi connectivity index (χ4v) is 2.86. The van der Waals surface area contributed by atoms with Crippen molar-refractivity contribution in [3.8, 4) is 5.75 Å². The Kier molecular flexibility index (Phi) is 7.38. The van der Waals surface area contributed by atoms with Crippen molar-refractivity contribution in [1.82, 2.24) is 0 Å². The van der Waals surface area contributed by atoms with Gasteiger partial charge in [-0.25, -0.2) is 16.8 Å². The van der Waals surface area contributed by atoms with Crippen LogP contribution in [0.3, 0.4) is 0 Å². The largest absolute Gasteiger partial charge is 1.00 e. The maximum absolute atomic E-state index is 11.0. The third-order valence-electron chi connectivity index (χ3n) is 2.64. The van der Waals surface area contributed by atoms with Crippen molar-refractivity contribution < 1.29 is 90.2 Å². The second kappa shape index (κ2) is 7.34. The molecule has 12 heteroatoms. The number of benzene rings is 2. The number of hydrogen-bond donors (Lipinski definition) is 2. The average molecular weight is 363 g/mol. The average Bonchev–Trinajstić information content (AvgIpc) is 2.30. The van der Waals surface area contributed by atoms with E-state index in [9.17, 15) is 31.0 Å². The molecule has 2 aromatic rings. The van der Waals surface area contributed by atoms with Crippen LogP contribution in [0, 0.1) is 0 Å². The first-order chi connectivity index (χ1) is 9.01. The summed E-state index contributed by atoms with van der Waals surface area (Å²) in [6.07, 6.45) is 0. The van der Waals surface area contributed by atoms with E-state index in [2.05, 4.69) is 0 Å². The predicted molar refractivity (Wildman–Crippen MR) is 66.0 cm³/mol. The summed E-state index contributed by atoms with van der Waals surface area (Å²) in [5.41, 5.74) is 4.72. The Morgan fingerprint density at radius 1 is 0.955 bits per heavy atom. The van der Waals surface area contributed by atoms with Crippen LogP contribution in [-0.4, -0.2) is 31.0 Å². The maximum Gasteiger partial charge on any atom is 1.00 e. The molecule has 0 aliphatic carbocycles.